The van der Waals surface area contributed by atoms with Crippen LogP contribution in [0, 0.1) is 34.5 Å². The Morgan fingerprint density at radius 2 is 2.14 bits per heavy atom. The Hall–Kier alpha value is -1.09. The van der Waals surface area contributed by atoms with Gasteiger partial charge in [-0.1, -0.05) is 30.7 Å². The molecular weight excluding hydrogens is 276 g/mol. The Morgan fingerprint density at radius 3 is 2.82 bits per heavy atom. The fourth-order valence-corrected chi connectivity index (χ4v) is 7.02. The molecule has 0 heterocycles. The zero-order valence-corrected chi connectivity index (χ0v) is 13.5. The third kappa shape index (κ3) is 1.44. The normalized spacial score (nSPS) is 53.0. The molecule has 2 bridgehead atoms. The van der Waals surface area contributed by atoms with Crippen LogP contribution in [-0.4, -0.2) is 22.3 Å². The van der Waals surface area contributed by atoms with Gasteiger partial charge >= 0.3 is 5.97 Å². The number of aliphatic carboxylic acids is 1. The van der Waals surface area contributed by atoms with Crippen LogP contribution in [0.5, 0.6) is 0 Å². The lowest BCUT2D eigenvalue weighted by Gasteiger charge is -2.47. The van der Waals surface area contributed by atoms with Gasteiger partial charge in [0.05, 0.1) is 12.0 Å². The largest absolute Gasteiger partial charge is 0.481 e. The van der Waals surface area contributed by atoms with Gasteiger partial charge in [0.15, 0.2) is 0 Å². The van der Waals surface area contributed by atoms with Crippen molar-refractivity contribution in [1.82, 2.24) is 0 Å². The number of fused-ring (bicyclic) bond motifs is 3. The Kier molecular flexibility index (Phi) is 2.80. The van der Waals surface area contributed by atoms with Crippen molar-refractivity contribution in [2.24, 2.45) is 34.5 Å². The van der Waals surface area contributed by atoms with Crippen LogP contribution in [0.2, 0.25) is 0 Å². The summed E-state index contributed by atoms with van der Waals surface area (Å²) in [7, 11) is 0. The summed E-state index contributed by atoms with van der Waals surface area (Å²) in [5.74, 6) is -0.251. The van der Waals surface area contributed by atoms with E-state index in [1.165, 1.54) is 11.1 Å². The van der Waals surface area contributed by atoms with Crippen LogP contribution in [0.3, 0.4) is 0 Å². The molecule has 22 heavy (non-hydrogen) atoms. The summed E-state index contributed by atoms with van der Waals surface area (Å²) in [6, 6.07) is 0. The van der Waals surface area contributed by atoms with Gasteiger partial charge in [-0.25, -0.2) is 0 Å². The second-order valence-electron chi connectivity index (χ2n) is 8.46. The predicted molar refractivity (Wildman–Crippen MR) is 84.1 cm³/mol. The van der Waals surface area contributed by atoms with Gasteiger partial charge in [0.2, 0.25) is 0 Å². The first-order valence-electron chi connectivity index (χ1n) is 8.57. The number of aliphatic hydroxyl groups excluding tert-OH is 1. The maximum atomic E-state index is 12.3. The predicted octanol–water partition coefficient (Wildman–Crippen LogP) is 3.40. The number of allylic oxidation sites excluding steroid dienone is 2. The van der Waals surface area contributed by atoms with Crippen molar-refractivity contribution in [3.8, 4) is 0 Å². The lowest BCUT2D eigenvalue weighted by molar-refractivity contribution is -0.148. The monoisotopic (exact) mass is 302 g/mol. The van der Waals surface area contributed by atoms with Crippen molar-refractivity contribution in [2.75, 3.05) is 0 Å². The average Bonchev–Trinajstić information content (AvgIpc) is 2.84. The van der Waals surface area contributed by atoms with Crippen LogP contribution in [0.15, 0.2) is 23.8 Å². The first kappa shape index (κ1) is 14.5. The highest BCUT2D eigenvalue weighted by Gasteiger charge is 2.72. The molecule has 2 N–H and O–H groups in total. The highest BCUT2D eigenvalue weighted by molar-refractivity contribution is 5.74. The van der Waals surface area contributed by atoms with Crippen molar-refractivity contribution in [2.45, 2.75) is 52.1 Å². The zero-order valence-electron chi connectivity index (χ0n) is 13.5. The number of rotatable bonds is 1. The maximum Gasteiger partial charge on any atom is 0.307 e. The molecule has 3 saturated carbocycles. The van der Waals surface area contributed by atoms with Crippen molar-refractivity contribution >= 4 is 5.97 Å². The molecule has 0 aromatic carbocycles. The first-order valence-corrected chi connectivity index (χ1v) is 8.57. The average molecular weight is 302 g/mol. The van der Waals surface area contributed by atoms with E-state index in [-0.39, 0.29) is 22.7 Å². The minimum atomic E-state index is -0.670. The van der Waals surface area contributed by atoms with Gasteiger partial charge in [0.25, 0.3) is 0 Å². The molecule has 0 aromatic rings. The van der Waals surface area contributed by atoms with Gasteiger partial charge in [0, 0.05) is 11.3 Å². The standard InChI is InChI=1S/C19H26O3/c1-10-4-7-14(20)18(3)13-6-5-12-9-19(13,8-11(12)2)16(15(10)18)17(21)22/h4,12-16,20H,2,5-9H2,1,3H3,(H,21,22)/t12-,13+,14?,15+,16-,18-,19+/m1/s1. The van der Waals surface area contributed by atoms with E-state index in [1.54, 1.807) is 0 Å². The Morgan fingerprint density at radius 1 is 1.41 bits per heavy atom. The van der Waals surface area contributed by atoms with Crippen LogP contribution in [0.4, 0.5) is 0 Å². The molecule has 3 fully saturated rings. The second kappa shape index (κ2) is 4.25. The van der Waals surface area contributed by atoms with E-state index in [1.807, 2.05) is 0 Å². The Labute approximate surface area is 132 Å². The third-order valence-electron chi connectivity index (χ3n) is 7.77. The molecule has 1 unspecified atom stereocenters. The molecule has 1 spiro atoms. The third-order valence-corrected chi connectivity index (χ3v) is 7.77. The minimum Gasteiger partial charge on any atom is -0.481 e. The van der Waals surface area contributed by atoms with Crippen molar-refractivity contribution in [3.05, 3.63) is 23.8 Å². The molecular formula is C19H26O3. The van der Waals surface area contributed by atoms with Crippen LogP contribution >= 0.6 is 0 Å². The molecule has 3 heteroatoms. The van der Waals surface area contributed by atoms with Gasteiger partial charge in [-0.15, -0.1) is 0 Å². The van der Waals surface area contributed by atoms with Crippen LogP contribution in [-0.2, 0) is 4.79 Å². The molecule has 0 saturated heterocycles. The van der Waals surface area contributed by atoms with E-state index in [2.05, 4.69) is 26.5 Å². The Bertz CT molecular complexity index is 591. The SMILES string of the molecule is C=C1C[C@]23C[C@H]1CC[C@H]2[C@]1(C)C(O)CC=C(C)[C@H]1[C@@H]3C(=O)O. The molecule has 0 aliphatic heterocycles. The van der Waals surface area contributed by atoms with E-state index in [0.717, 1.165) is 25.7 Å². The highest BCUT2D eigenvalue weighted by atomic mass is 16.4. The molecule has 0 radical (unpaired) electrons. The number of carboxylic acid groups (broad SMARTS) is 1. The fraction of sp³-hybridized carbons (Fsp3) is 0.737. The highest BCUT2D eigenvalue weighted by Crippen LogP contribution is 2.75. The van der Waals surface area contributed by atoms with E-state index in [0.29, 0.717) is 18.3 Å². The maximum absolute atomic E-state index is 12.3. The molecule has 4 aliphatic rings. The van der Waals surface area contributed by atoms with Gasteiger partial charge in [-0.3, -0.25) is 4.79 Å². The lowest BCUT2D eigenvalue weighted by atomic mass is 9.58. The van der Waals surface area contributed by atoms with E-state index >= 15 is 0 Å². The lowest BCUT2D eigenvalue weighted by Crippen LogP contribution is -2.46. The summed E-state index contributed by atoms with van der Waals surface area (Å²) in [5, 5.41) is 20.9. The smallest absolute Gasteiger partial charge is 0.307 e. The summed E-state index contributed by atoms with van der Waals surface area (Å²) in [5.41, 5.74) is 1.97. The van der Waals surface area contributed by atoms with Gasteiger partial charge in [-0.2, -0.15) is 0 Å². The van der Waals surface area contributed by atoms with E-state index in [4.69, 9.17) is 0 Å². The fourth-order valence-electron chi connectivity index (χ4n) is 7.02. The molecule has 120 valence electrons. The number of carbonyl (C=O) groups is 1. The van der Waals surface area contributed by atoms with Gasteiger partial charge in [0.1, 0.15) is 0 Å². The van der Waals surface area contributed by atoms with Gasteiger partial charge < -0.3 is 10.2 Å². The summed E-state index contributed by atoms with van der Waals surface area (Å²) < 4.78 is 0. The van der Waals surface area contributed by atoms with Crippen LogP contribution in [0.25, 0.3) is 0 Å². The molecule has 0 amide bonds. The summed E-state index contributed by atoms with van der Waals surface area (Å²) >= 11 is 0. The van der Waals surface area contributed by atoms with Crippen molar-refractivity contribution in [1.29, 1.82) is 0 Å². The first-order chi connectivity index (χ1) is 10.3. The van der Waals surface area contributed by atoms with E-state index in [9.17, 15) is 15.0 Å². The zero-order chi connectivity index (χ0) is 15.9. The summed E-state index contributed by atoms with van der Waals surface area (Å²) in [6.07, 6.45) is 6.31. The molecule has 4 rings (SSSR count). The quantitative estimate of drug-likeness (QED) is 0.730. The van der Waals surface area contributed by atoms with E-state index < -0.39 is 12.1 Å². The van der Waals surface area contributed by atoms with Crippen LogP contribution < -0.4 is 0 Å². The number of hydrogen-bond donors (Lipinski definition) is 2. The van der Waals surface area contributed by atoms with Crippen molar-refractivity contribution in [3.63, 3.8) is 0 Å². The molecule has 7 atom stereocenters. The summed E-state index contributed by atoms with van der Waals surface area (Å²) in [6.45, 7) is 8.49. The molecule has 0 aromatic heterocycles. The van der Waals surface area contributed by atoms with Gasteiger partial charge in [-0.05, 0) is 56.3 Å². The molecule has 4 aliphatic carbocycles. The number of aliphatic hydroxyl groups is 1. The van der Waals surface area contributed by atoms with Crippen LogP contribution in [0.1, 0.15) is 46.0 Å². The number of carboxylic acids is 1. The number of hydrogen-bond acceptors (Lipinski definition) is 2. The Balaban J connectivity index is 1.93. The van der Waals surface area contributed by atoms with Crippen molar-refractivity contribution < 1.29 is 15.0 Å². The topological polar surface area (TPSA) is 57.5 Å². The molecule has 3 nitrogen and oxygen atoms in total. The minimum absolute atomic E-state index is 0.0246. The second-order valence-corrected chi connectivity index (χ2v) is 8.46. The summed E-state index contributed by atoms with van der Waals surface area (Å²) in [4.78, 5) is 12.3.